The Kier molecular flexibility index (Phi) is 7.69. The predicted octanol–water partition coefficient (Wildman–Crippen LogP) is 18.9. The highest BCUT2D eigenvalue weighted by Crippen LogP contribution is 2.63. The maximum Gasteiger partial charge on any atom is 0.0159 e. The molecular formula is C71H58. The normalized spacial score (nSPS) is 17.4. The molecule has 0 heteroatoms. The van der Waals surface area contributed by atoms with Gasteiger partial charge in [-0.05, 0) is 191 Å². The van der Waals surface area contributed by atoms with Gasteiger partial charge in [0.15, 0.2) is 0 Å². The summed E-state index contributed by atoms with van der Waals surface area (Å²) in [7, 11) is 0. The van der Waals surface area contributed by atoms with E-state index in [0.717, 1.165) is 0 Å². The topological polar surface area (TPSA) is 0 Å². The summed E-state index contributed by atoms with van der Waals surface area (Å²) in [6.45, 7) is 24.4. The van der Waals surface area contributed by atoms with E-state index in [2.05, 4.69) is 239 Å². The number of fused-ring (bicyclic) bond motifs is 19. The highest BCUT2D eigenvalue weighted by atomic mass is 14.5. The minimum atomic E-state index is -0.213. The minimum Gasteiger partial charge on any atom is -0.0619 e. The van der Waals surface area contributed by atoms with Gasteiger partial charge in [0, 0.05) is 27.1 Å². The highest BCUT2D eigenvalue weighted by molar-refractivity contribution is 6.14. The summed E-state index contributed by atoms with van der Waals surface area (Å²) in [6.07, 6.45) is 0. The van der Waals surface area contributed by atoms with E-state index in [1.165, 1.54) is 155 Å². The van der Waals surface area contributed by atoms with E-state index in [4.69, 9.17) is 0 Å². The molecule has 0 N–H and O–H groups in total. The summed E-state index contributed by atoms with van der Waals surface area (Å²) in [5.41, 5.74) is 32.8. The first-order valence-electron chi connectivity index (χ1n) is 26.0. The maximum absolute atomic E-state index is 2.62. The van der Waals surface area contributed by atoms with Crippen LogP contribution in [0.3, 0.4) is 0 Å². The molecule has 5 aliphatic carbocycles. The van der Waals surface area contributed by atoms with Crippen molar-refractivity contribution in [2.75, 3.05) is 0 Å². The van der Waals surface area contributed by atoms with Crippen molar-refractivity contribution in [3.05, 3.63) is 225 Å². The molecule has 0 amide bonds. The molecule has 71 heavy (non-hydrogen) atoms. The number of benzene rings is 10. The molecule has 10 aromatic carbocycles. The molecule has 10 aromatic rings. The SMILES string of the molecule is CC1(C)c2cc3c(cc2-c2cc4c(cc21)-c1c(cc(-c2cccc5c2-c2ccccc2C5(C)C)c2ccccc12)C4(C)C)C(C)(C)c1cc(-c2cccc4c2-c2ccccc2C4(C)C)c2ccccc2c1-3. The van der Waals surface area contributed by atoms with E-state index in [9.17, 15) is 0 Å². The Bertz CT molecular complexity index is 3850. The molecule has 0 radical (unpaired) electrons. The van der Waals surface area contributed by atoms with Crippen LogP contribution in [0.5, 0.6) is 0 Å². The van der Waals surface area contributed by atoms with Crippen LogP contribution in [-0.4, -0.2) is 0 Å². The van der Waals surface area contributed by atoms with Gasteiger partial charge in [-0.25, -0.2) is 0 Å². The Balaban J connectivity index is 0.905. The van der Waals surface area contributed by atoms with Crippen LogP contribution >= 0.6 is 0 Å². The molecule has 0 bridgehead atoms. The Morgan fingerprint density at radius 2 is 0.465 bits per heavy atom. The molecule has 5 aliphatic rings. The van der Waals surface area contributed by atoms with Crippen LogP contribution in [0.4, 0.5) is 0 Å². The van der Waals surface area contributed by atoms with Gasteiger partial charge in [-0.3, -0.25) is 0 Å². The van der Waals surface area contributed by atoms with Crippen molar-refractivity contribution in [2.24, 2.45) is 0 Å². The summed E-state index contributed by atoms with van der Waals surface area (Å²) in [4.78, 5) is 0. The number of hydrogen-bond donors (Lipinski definition) is 0. The van der Waals surface area contributed by atoms with Crippen molar-refractivity contribution in [1.29, 1.82) is 0 Å². The lowest BCUT2D eigenvalue weighted by molar-refractivity contribution is 0.649. The van der Waals surface area contributed by atoms with Gasteiger partial charge in [-0.15, -0.1) is 0 Å². The molecule has 0 saturated carbocycles. The second-order valence-electron chi connectivity index (χ2n) is 24.3. The highest BCUT2D eigenvalue weighted by Gasteiger charge is 2.47. The quantitative estimate of drug-likeness (QED) is 0.162. The standard InChI is InChI=1S/C71H58/c1-67(2)53-29-17-15-25-45(53)63-43(27-19-31-55(63)67)47-33-61-65(41-23-13-11-21-39(41)47)51-37-57-49(35-59(51)70(61,7)8)50-36-60-52(38-58(50)69(57,5)6)66-42-24-14-12-22-40(42)48(34-62(66)71(60,9)10)44-28-20-32-56-64(44)46-26-16-18-30-54(46)68(56,3)4/h11-38H,1-10H3. The van der Waals surface area contributed by atoms with Crippen molar-refractivity contribution in [3.63, 3.8) is 0 Å². The Morgan fingerprint density at radius 3 is 0.887 bits per heavy atom. The third-order valence-corrected chi connectivity index (χ3v) is 19.1. The zero-order valence-electron chi connectivity index (χ0n) is 42.7. The van der Waals surface area contributed by atoms with Gasteiger partial charge in [0.05, 0.1) is 0 Å². The summed E-state index contributed by atoms with van der Waals surface area (Å²) in [5.74, 6) is 0. The first-order valence-corrected chi connectivity index (χ1v) is 26.0. The Hall–Kier alpha value is -7.28. The fourth-order valence-electron chi connectivity index (χ4n) is 15.3. The van der Waals surface area contributed by atoms with Crippen molar-refractivity contribution in [3.8, 4) is 77.9 Å². The molecule has 0 spiro atoms. The molecule has 0 aliphatic heterocycles. The van der Waals surface area contributed by atoms with Crippen molar-refractivity contribution in [1.82, 2.24) is 0 Å². The summed E-state index contributed by atoms with van der Waals surface area (Å²) in [5, 5.41) is 5.35. The first-order chi connectivity index (χ1) is 34.0. The average molecular weight is 911 g/mol. The van der Waals surface area contributed by atoms with Crippen molar-refractivity contribution < 1.29 is 0 Å². The summed E-state index contributed by atoms with van der Waals surface area (Å²) in [6, 6.07) is 66.4. The average Bonchev–Trinajstić information content (AvgIpc) is 4.01. The lowest BCUT2D eigenvalue weighted by Crippen LogP contribution is -2.17. The number of hydrogen-bond acceptors (Lipinski definition) is 0. The molecule has 342 valence electrons. The van der Waals surface area contributed by atoms with Crippen molar-refractivity contribution in [2.45, 2.75) is 96.3 Å². The van der Waals surface area contributed by atoms with Gasteiger partial charge < -0.3 is 0 Å². The fourth-order valence-corrected chi connectivity index (χ4v) is 15.3. The molecule has 0 aromatic heterocycles. The largest absolute Gasteiger partial charge is 0.0619 e. The van der Waals surface area contributed by atoms with Gasteiger partial charge in [0.1, 0.15) is 0 Å². The van der Waals surface area contributed by atoms with E-state index in [1.54, 1.807) is 0 Å². The van der Waals surface area contributed by atoms with E-state index in [0.29, 0.717) is 0 Å². The maximum atomic E-state index is 2.62. The number of rotatable bonds is 2. The van der Waals surface area contributed by atoms with Crippen LogP contribution < -0.4 is 0 Å². The van der Waals surface area contributed by atoms with Gasteiger partial charge in [0.2, 0.25) is 0 Å². The van der Waals surface area contributed by atoms with Crippen LogP contribution in [0.1, 0.15) is 125 Å². The van der Waals surface area contributed by atoms with Crippen LogP contribution in [0.15, 0.2) is 170 Å². The smallest absolute Gasteiger partial charge is 0.0159 e. The van der Waals surface area contributed by atoms with Gasteiger partial charge >= 0.3 is 0 Å². The summed E-state index contributed by atoms with van der Waals surface area (Å²) >= 11 is 0. The molecule has 0 heterocycles. The molecule has 15 rings (SSSR count). The molecule has 0 nitrogen and oxygen atoms in total. The van der Waals surface area contributed by atoms with Crippen LogP contribution in [0.2, 0.25) is 0 Å². The third kappa shape index (κ3) is 4.92. The van der Waals surface area contributed by atoms with E-state index >= 15 is 0 Å². The predicted molar refractivity (Wildman–Crippen MR) is 300 cm³/mol. The van der Waals surface area contributed by atoms with Gasteiger partial charge in [0.25, 0.3) is 0 Å². The second-order valence-corrected chi connectivity index (χ2v) is 24.3. The lowest BCUT2D eigenvalue weighted by Gasteiger charge is -2.25. The lowest BCUT2D eigenvalue weighted by atomic mass is 9.78. The zero-order chi connectivity index (χ0) is 48.5. The third-order valence-electron chi connectivity index (χ3n) is 19.1. The van der Waals surface area contributed by atoms with Crippen LogP contribution in [0.25, 0.3) is 99.4 Å². The van der Waals surface area contributed by atoms with E-state index < -0.39 is 0 Å². The summed E-state index contributed by atoms with van der Waals surface area (Å²) < 4.78 is 0. The van der Waals surface area contributed by atoms with Crippen LogP contribution in [0, 0.1) is 0 Å². The fraction of sp³-hybridized carbons (Fsp3) is 0.211. The molecule has 0 atom stereocenters. The molecule has 0 saturated heterocycles. The van der Waals surface area contributed by atoms with Crippen LogP contribution in [-0.2, 0) is 27.1 Å². The van der Waals surface area contributed by atoms with E-state index in [1.807, 2.05) is 0 Å². The minimum absolute atomic E-state index is 0.0597. The first kappa shape index (κ1) is 41.5. The zero-order valence-corrected chi connectivity index (χ0v) is 42.7. The van der Waals surface area contributed by atoms with Crippen molar-refractivity contribution >= 4 is 21.5 Å². The Morgan fingerprint density at radius 1 is 0.183 bits per heavy atom. The monoisotopic (exact) mass is 910 g/mol. The van der Waals surface area contributed by atoms with E-state index in [-0.39, 0.29) is 27.1 Å². The molecular weight excluding hydrogens is 853 g/mol. The second kappa shape index (κ2) is 13.2. The molecule has 0 fully saturated rings. The Labute approximate surface area is 419 Å². The molecule has 0 unspecified atom stereocenters. The van der Waals surface area contributed by atoms with Gasteiger partial charge in [-0.1, -0.05) is 203 Å². The van der Waals surface area contributed by atoms with Gasteiger partial charge in [-0.2, -0.15) is 0 Å².